The molecule has 0 unspecified atom stereocenters. The van der Waals surface area contributed by atoms with Gasteiger partial charge in [0.25, 0.3) is 0 Å². The van der Waals surface area contributed by atoms with Crippen LogP contribution in [0.3, 0.4) is 0 Å². The van der Waals surface area contributed by atoms with Gasteiger partial charge in [0, 0.05) is 22.6 Å². The number of halogens is 1. The molecule has 0 aromatic carbocycles. The van der Waals surface area contributed by atoms with Crippen LogP contribution in [0.5, 0.6) is 0 Å². The van der Waals surface area contributed by atoms with Crippen LogP contribution in [0.15, 0.2) is 57.6 Å². The number of fused-ring (bicyclic) bond motifs is 3. The molecule has 2 aliphatic heterocycles. The summed E-state index contributed by atoms with van der Waals surface area (Å²) in [5.74, 6) is -2.12. The van der Waals surface area contributed by atoms with Crippen molar-refractivity contribution in [3.8, 4) is 0 Å². The van der Waals surface area contributed by atoms with Crippen molar-refractivity contribution in [3.63, 3.8) is 0 Å². The lowest BCUT2D eigenvalue weighted by molar-refractivity contribution is -0.153. The number of carbonyl (C=O) groups excluding carboxylic acids is 3. The molecule has 7 heteroatoms. The molecule has 30 heavy (non-hydrogen) atoms. The number of hydrogen-bond donors (Lipinski definition) is 1. The molecule has 0 saturated heterocycles. The average molecular weight is 433 g/mol. The minimum Gasteiger partial charge on any atom is -0.464 e. The number of ether oxygens (including phenoxy) is 2. The van der Waals surface area contributed by atoms with Gasteiger partial charge in [0.15, 0.2) is 11.4 Å². The molecule has 0 fully saturated rings. The number of aliphatic hydroxyl groups excluding tert-OH is 1. The molecule has 6 nitrogen and oxygen atoms in total. The maximum atomic E-state index is 13.0. The number of allylic oxidation sites excluding steroid dienone is 4. The lowest BCUT2D eigenvalue weighted by Crippen LogP contribution is -2.42. The number of aliphatic hydroxyl groups is 1. The molecule has 0 aromatic heterocycles. The third-order valence-electron chi connectivity index (χ3n) is 5.87. The molecule has 4 atom stereocenters. The highest BCUT2D eigenvalue weighted by atomic mass is 35.5. The Morgan fingerprint density at radius 2 is 1.97 bits per heavy atom. The number of rotatable bonds is 6. The first kappa shape index (κ1) is 22.2. The molecule has 3 aliphatic rings. The van der Waals surface area contributed by atoms with Crippen LogP contribution >= 0.6 is 11.6 Å². The number of Topliss-reactive ketones (excluding diaryl/α,β-unsaturated/α-hetero) is 2. The van der Waals surface area contributed by atoms with Gasteiger partial charge in [-0.1, -0.05) is 44.9 Å². The second-order valence-electron chi connectivity index (χ2n) is 8.06. The van der Waals surface area contributed by atoms with Crippen LogP contribution in [0.4, 0.5) is 0 Å². The van der Waals surface area contributed by atoms with E-state index in [4.69, 9.17) is 21.1 Å². The van der Waals surface area contributed by atoms with E-state index in [1.807, 2.05) is 6.08 Å². The Morgan fingerprint density at radius 1 is 1.30 bits per heavy atom. The van der Waals surface area contributed by atoms with E-state index in [0.717, 1.165) is 6.42 Å². The SMILES string of the molecule is CC[C@H](C)/C=C/C1=CC2=C(Cl)C(=O)[C@@]3(C)OC(=O)C(C(=O)[C@@H](C)[C@@H](C)O)=C3C2=CO1. The summed E-state index contributed by atoms with van der Waals surface area (Å²) in [5.41, 5.74) is -1.10. The summed E-state index contributed by atoms with van der Waals surface area (Å²) in [4.78, 5) is 38.6. The van der Waals surface area contributed by atoms with Gasteiger partial charge in [-0.05, 0) is 31.9 Å². The summed E-state index contributed by atoms with van der Waals surface area (Å²) in [6.45, 7) is 8.53. The standard InChI is InChI=1S/C23H25ClO6/c1-6-11(2)7-8-14-9-15-16(10-29-14)18-17(20(26)12(3)13(4)25)22(28)30-23(18,5)21(27)19(15)24/h7-13,25H,6H2,1-5H3/b8-7+/t11-,12-,13+,23-/m0/s1. The molecule has 3 rings (SSSR count). The highest BCUT2D eigenvalue weighted by Gasteiger charge is 2.57. The van der Waals surface area contributed by atoms with Crippen LogP contribution in [0.2, 0.25) is 0 Å². The molecule has 0 saturated carbocycles. The van der Waals surface area contributed by atoms with Crippen molar-refractivity contribution < 1.29 is 29.0 Å². The van der Waals surface area contributed by atoms with E-state index >= 15 is 0 Å². The van der Waals surface area contributed by atoms with E-state index in [9.17, 15) is 19.5 Å². The molecule has 2 heterocycles. The average Bonchev–Trinajstić information content (AvgIpc) is 3.00. The molecule has 1 aliphatic carbocycles. The zero-order valence-corrected chi connectivity index (χ0v) is 18.4. The predicted molar refractivity (Wildman–Crippen MR) is 111 cm³/mol. The quantitative estimate of drug-likeness (QED) is 0.509. The molecule has 0 bridgehead atoms. The van der Waals surface area contributed by atoms with E-state index in [1.165, 1.54) is 27.0 Å². The van der Waals surface area contributed by atoms with Gasteiger partial charge in [-0.25, -0.2) is 4.79 Å². The lowest BCUT2D eigenvalue weighted by atomic mass is 9.74. The summed E-state index contributed by atoms with van der Waals surface area (Å²) >= 11 is 6.37. The molecule has 0 aromatic rings. The van der Waals surface area contributed by atoms with Gasteiger partial charge < -0.3 is 14.6 Å². The van der Waals surface area contributed by atoms with Crippen LogP contribution in [0, 0.1) is 11.8 Å². The van der Waals surface area contributed by atoms with Crippen LogP contribution in [-0.2, 0) is 23.9 Å². The molecular weight excluding hydrogens is 408 g/mol. The highest BCUT2D eigenvalue weighted by molar-refractivity contribution is 6.46. The largest absolute Gasteiger partial charge is 0.464 e. The van der Waals surface area contributed by atoms with Crippen LogP contribution in [0.25, 0.3) is 0 Å². The van der Waals surface area contributed by atoms with Crippen LogP contribution in [-0.4, -0.2) is 34.3 Å². The van der Waals surface area contributed by atoms with Gasteiger partial charge in [-0.3, -0.25) is 9.59 Å². The van der Waals surface area contributed by atoms with E-state index < -0.39 is 35.2 Å². The van der Waals surface area contributed by atoms with Gasteiger partial charge >= 0.3 is 5.97 Å². The lowest BCUT2D eigenvalue weighted by Gasteiger charge is -2.33. The summed E-state index contributed by atoms with van der Waals surface area (Å²) < 4.78 is 11.1. The predicted octanol–water partition coefficient (Wildman–Crippen LogP) is 3.66. The van der Waals surface area contributed by atoms with Crippen molar-refractivity contribution in [2.75, 3.05) is 0 Å². The molecular formula is C23H25ClO6. The van der Waals surface area contributed by atoms with Crippen LogP contribution < -0.4 is 0 Å². The zero-order valence-electron chi connectivity index (χ0n) is 17.6. The Kier molecular flexibility index (Phi) is 5.94. The molecule has 0 amide bonds. The van der Waals surface area contributed by atoms with Gasteiger partial charge in [0.2, 0.25) is 5.78 Å². The molecule has 1 N–H and O–H groups in total. The molecule has 0 spiro atoms. The van der Waals surface area contributed by atoms with Crippen molar-refractivity contribution in [1.82, 2.24) is 0 Å². The summed E-state index contributed by atoms with van der Waals surface area (Å²) in [6.07, 6.45) is 6.76. The molecule has 0 radical (unpaired) electrons. The first-order valence-corrected chi connectivity index (χ1v) is 10.3. The third-order valence-corrected chi connectivity index (χ3v) is 6.25. The third kappa shape index (κ3) is 3.48. The van der Waals surface area contributed by atoms with E-state index in [0.29, 0.717) is 22.8 Å². The van der Waals surface area contributed by atoms with E-state index in [2.05, 4.69) is 13.8 Å². The minimum atomic E-state index is -1.71. The fraction of sp³-hybridized carbons (Fsp3) is 0.435. The van der Waals surface area contributed by atoms with Gasteiger partial charge in [-0.2, -0.15) is 0 Å². The second kappa shape index (κ2) is 8.00. The fourth-order valence-electron chi connectivity index (χ4n) is 3.48. The Morgan fingerprint density at radius 3 is 2.57 bits per heavy atom. The Bertz CT molecular complexity index is 978. The number of hydrogen-bond acceptors (Lipinski definition) is 6. The van der Waals surface area contributed by atoms with E-state index in [1.54, 1.807) is 12.2 Å². The maximum absolute atomic E-state index is 13.0. The van der Waals surface area contributed by atoms with E-state index in [-0.39, 0.29) is 16.2 Å². The summed E-state index contributed by atoms with van der Waals surface area (Å²) in [5, 5.41) is 9.75. The topological polar surface area (TPSA) is 89.9 Å². The normalized spacial score (nSPS) is 26.5. The van der Waals surface area contributed by atoms with Crippen molar-refractivity contribution >= 4 is 29.1 Å². The van der Waals surface area contributed by atoms with Crippen molar-refractivity contribution in [1.29, 1.82) is 0 Å². The fourth-order valence-corrected chi connectivity index (χ4v) is 3.82. The smallest absolute Gasteiger partial charge is 0.343 e. The number of esters is 1. The maximum Gasteiger partial charge on any atom is 0.343 e. The second-order valence-corrected chi connectivity index (χ2v) is 8.44. The van der Waals surface area contributed by atoms with Crippen molar-refractivity contribution in [3.05, 3.63) is 57.6 Å². The summed E-state index contributed by atoms with van der Waals surface area (Å²) in [6, 6.07) is 0. The monoisotopic (exact) mass is 432 g/mol. The number of ketones is 2. The van der Waals surface area contributed by atoms with Crippen LogP contribution in [0.1, 0.15) is 41.0 Å². The zero-order chi connectivity index (χ0) is 22.4. The first-order valence-electron chi connectivity index (χ1n) is 9.95. The Balaban J connectivity index is 2.15. The van der Waals surface area contributed by atoms with Gasteiger partial charge in [0.05, 0.1) is 17.4 Å². The van der Waals surface area contributed by atoms with Crippen molar-refractivity contribution in [2.45, 2.75) is 52.7 Å². The Hall–Kier alpha value is -2.44. The number of carbonyl (C=O) groups is 3. The summed E-state index contributed by atoms with van der Waals surface area (Å²) in [7, 11) is 0. The van der Waals surface area contributed by atoms with Crippen molar-refractivity contribution in [2.24, 2.45) is 11.8 Å². The minimum absolute atomic E-state index is 0.0877. The first-order chi connectivity index (χ1) is 14.0. The Labute approximate surface area is 180 Å². The highest BCUT2D eigenvalue weighted by Crippen LogP contribution is 2.49. The van der Waals surface area contributed by atoms with Gasteiger partial charge in [0.1, 0.15) is 11.3 Å². The van der Waals surface area contributed by atoms with Gasteiger partial charge in [-0.15, -0.1) is 0 Å². The molecule has 160 valence electrons.